The Hall–Kier alpha value is -1.13. The number of hydrogen-bond acceptors (Lipinski definition) is 3. The molecule has 0 saturated heterocycles. The topological polar surface area (TPSA) is 41.5 Å². The lowest BCUT2D eigenvalue weighted by molar-refractivity contribution is 0.233. The highest BCUT2D eigenvalue weighted by Gasteiger charge is 2.09. The Morgan fingerprint density at radius 3 is 2.81 bits per heavy atom. The summed E-state index contributed by atoms with van der Waals surface area (Å²) in [5.74, 6) is 0.223. The highest BCUT2D eigenvalue weighted by Crippen LogP contribution is 2.21. The van der Waals surface area contributed by atoms with Gasteiger partial charge in [0.2, 0.25) is 0 Å². The molecule has 0 heterocycles. The van der Waals surface area contributed by atoms with Crippen molar-refractivity contribution in [3.8, 4) is 5.75 Å². The summed E-state index contributed by atoms with van der Waals surface area (Å²) in [7, 11) is 1.79. The molecule has 0 saturated carbocycles. The highest BCUT2D eigenvalue weighted by atomic mass is 19.1. The Bertz CT molecular complexity index is 331. The first kappa shape index (κ1) is 12.9. The smallest absolute Gasteiger partial charge is 0.131 e. The molecule has 0 fully saturated rings. The third-order valence-electron chi connectivity index (χ3n) is 2.44. The van der Waals surface area contributed by atoms with Gasteiger partial charge in [0.1, 0.15) is 11.6 Å². The van der Waals surface area contributed by atoms with Gasteiger partial charge in [-0.3, -0.25) is 0 Å². The Labute approximate surface area is 95.2 Å². The van der Waals surface area contributed by atoms with Crippen molar-refractivity contribution in [3.63, 3.8) is 0 Å². The van der Waals surface area contributed by atoms with Crippen molar-refractivity contribution in [2.24, 2.45) is 0 Å². The van der Waals surface area contributed by atoms with Crippen molar-refractivity contribution in [2.75, 3.05) is 20.3 Å². The molecule has 0 amide bonds. The first-order chi connectivity index (χ1) is 7.69. The van der Waals surface area contributed by atoms with E-state index in [0.29, 0.717) is 24.3 Å². The molecule has 4 heteroatoms. The van der Waals surface area contributed by atoms with Crippen LogP contribution < -0.4 is 10.1 Å². The van der Waals surface area contributed by atoms with E-state index in [0.717, 1.165) is 0 Å². The van der Waals surface area contributed by atoms with Gasteiger partial charge in [0.05, 0.1) is 6.61 Å². The number of hydrogen-bond donors (Lipinski definition) is 2. The second-order valence-corrected chi connectivity index (χ2v) is 3.62. The van der Waals surface area contributed by atoms with E-state index in [1.54, 1.807) is 19.2 Å². The fourth-order valence-corrected chi connectivity index (χ4v) is 1.36. The van der Waals surface area contributed by atoms with E-state index in [1.807, 2.05) is 6.92 Å². The van der Waals surface area contributed by atoms with Crippen LogP contribution in [0, 0.1) is 5.82 Å². The van der Waals surface area contributed by atoms with Crippen LogP contribution in [-0.4, -0.2) is 25.4 Å². The van der Waals surface area contributed by atoms with Crippen LogP contribution in [-0.2, 0) is 0 Å². The molecule has 3 nitrogen and oxygen atoms in total. The van der Waals surface area contributed by atoms with Gasteiger partial charge in [0.25, 0.3) is 0 Å². The molecule has 16 heavy (non-hydrogen) atoms. The van der Waals surface area contributed by atoms with E-state index in [9.17, 15) is 4.39 Å². The zero-order valence-corrected chi connectivity index (χ0v) is 9.66. The molecule has 0 aliphatic heterocycles. The predicted molar refractivity (Wildman–Crippen MR) is 61.1 cm³/mol. The standard InChI is InChI=1S/C12H18FNO2/c1-9(14-2)11-5-4-10(8-12(11)13)16-7-3-6-15/h4-5,8-9,14-15H,3,6-7H2,1-2H3. The minimum atomic E-state index is -0.275. The van der Waals surface area contributed by atoms with Crippen molar-refractivity contribution in [3.05, 3.63) is 29.6 Å². The molecule has 0 bridgehead atoms. The highest BCUT2D eigenvalue weighted by molar-refractivity contribution is 5.30. The van der Waals surface area contributed by atoms with Gasteiger partial charge in [-0.2, -0.15) is 0 Å². The minimum absolute atomic E-state index is 0.0218. The number of aliphatic hydroxyl groups excluding tert-OH is 1. The fraction of sp³-hybridized carbons (Fsp3) is 0.500. The van der Waals surface area contributed by atoms with Crippen LogP contribution in [0.2, 0.25) is 0 Å². The fourth-order valence-electron chi connectivity index (χ4n) is 1.36. The summed E-state index contributed by atoms with van der Waals surface area (Å²) in [4.78, 5) is 0. The minimum Gasteiger partial charge on any atom is -0.493 e. The van der Waals surface area contributed by atoms with Gasteiger partial charge < -0.3 is 15.2 Å². The average molecular weight is 227 g/mol. The first-order valence-electron chi connectivity index (χ1n) is 5.39. The number of ether oxygens (including phenoxy) is 1. The van der Waals surface area contributed by atoms with E-state index in [2.05, 4.69) is 5.32 Å². The van der Waals surface area contributed by atoms with Crippen LogP contribution in [0.4, 0.5) is 4.39 Å². The Morgan fingerprint density at radius 2 is 2.25 bits per heavy atom. The van der Waals surface area contributed by atoms with Crippen LogP contribution >= 0.6 is 0 Å². The molecule has 90 valence electrons. The van der Waals surface area contributed by atoms with Crippen LogP contribution in [0.25, 0.3) is 0 Å². The predicted octanol–water partition coefficient (Wildman–Crippen LogP) is 1.87. The van der Waals surface area contributed by atoms with Crippen molar-refractivity contribution < 1.29 is 14.2 Å². The summed E-state index contributed by atoms with van der Waals surface area (Å²) >= 11 is 0. The van der Waals surface area contributed by atoms with Crippen molar-refractivity contribution >= 4 is 0 Å². The summed E-state index contributed by atoms with van der Waals surface area (Å²) in [6.45, 7) is 2.37. The zero-order valence-electron chi connectivity index (χ0n) is 9.66. The summed E-state index contributed by atoms with van der Waals surface area (Å²) in [5, 5.41) is 11.6. The molecule has 0 aromatic heterocycles. The monoisotopic (exact) mass is 227 g/mol. The maximum Gasteiger partial charge on any atom is 0.131 e. The van der Waals surface area contributed by atoms with E-state index >= 15 is 0 Å². The molecule has 0 spiro atoms. The molecule has 0 aliphatic carbocycles. The van der Waals surface area contributed by atoms with Crippen LogP contribution in [0.15, 0.2) is 18.2 Å². The number of nitrogens with one attached hydrogen (secondary N) is 1. The van der Waals surface area contributed by atoms with E-state index in [-0.39, 0.29) is 18.5 Å². The van der Waals surface area contributed by atoms with Crippen LogP contribution in [0.3, 0.4) is 0 Å². The summed E-state index contributed by atoms with van der Waals surface area (Å²) in [5.41, 5.74) is 0.622. The molecule has 1 rings (SSSR count). The summed E-state index contributed by atoms with van der Waals surface area (Å²) in [6, 6.07) is 4.81. The third-order valence-corrected chi connectivity index (χ3v) is 2.44. The molecule has 0 radical (unpaired) electrons. The van der Waals surface area contributed by atoms with Gasteiger partial charge in [0.15, 0.2) is 0 Å². The lowest BCUT2D eigenvalue weighted by Gasteiger charge is -2.13. The van der Waals surface area contributed by atoms with Gasteiger partial charge in [-0.05, 0) is 20.0 Å². The molecular formula is C12H18FNO2. The number of benzene rings is 1. The molecule has 1 aromatic rings. The van der Waals surface area contributed by atoms with E-state index in [4.69, 9.17) is 9.84 Å². The normalized spacial score (nSPS) is 12.5. The van der Waals surface area contributed by atoms with Gasteiger partial charge in [-0.15, -0.1) is 0 Å². The van der Waals surface area contributed by atoms with Crippen molar-refractivity contribution in [1.82, 2.24) is 5.32 Å². The van der Waals surface area contributed by atoms with Gasteiger partial charge in [0, 0.05) is 30.7 Å². The molecule has 1 atom stereocenters. The van der Waals surface area contributed by atoms with Crippen LogP contribution in [0.5, 0.6) is 5.75 Å². The molecule has 1 unspecified atom stereocenters. The first-order valence-corrected chi connectivity index (χ1v) is 5.39. The summed E-state index contributed by atoms with van der Waals surface area (Å²) < 4.78 is 18.9. The van der Waals surface area contributed by atoms with E-state index in [1.165, 1.54) is 6.07 Å². The van der Waals surface area contributed by atoms with Gasteiger partial charge in [-0.1, -0.05) is 6.07 Å². The SMILES string of the molecule is CNC(C)c1ccc(OCCCO)cc1F. The Balaban J connectivity index is 2.67. The number of aliphatic hydroxyl groups is 1. The number of rotatable bonds is 6. The Kier molecular flexibility index (Phi) is 5.22. The van der Waals surface area contributed by atoms with Gasteiger partial charge >= 0.3 is 0 Å². The maximum absolute atomic E-state index is 13.6. The summed E-state index contributed by atoms with van der Waals surface area (Å²) in [6.07, 6.45) is 0.552. The molecule has 2 N–H and O–H groups in total. The lowest BCUT2D eigenvalue weighted by Crippen LogP contribution is -2.13. The average Bonchev–Trinajstić information content (AvgIpc) is 2.29. The quantitative estimate of drug-likeness (QED) is 0.729. The van der Waals surface area contributed by atoms with Crippen LogP contribution in [0.1, 0.15) is 24.9 Å². The van der Waals surface area contributed by atoms with Crippen molar-refractivity contribution in [1.29, 1.82) is 0 Å². The Morgan fingerprint density at radius 1 is 1.50 bits per heavy atom. The van der Waals surface area contributed by atoms with E-state index < -0.39 is 0 Å². The second-order valence-electron chi connectivity index (χ2n) is 3.62. The number of halogens is 1. The second kappa shape index (κ2) is 6.45. The molecule has 0 aliphatic rings. The molecular weight excluding hydrogens is 209 g/mol. The maximum atomic E-state index is 13.6. The van der Waals surface area contributed by atoms with Gasteiger partial charge in [-0.25, -0.2) is 4.39 Å². The lowest BCUT2D eigenvalue weighted by atomic mass is 10.1. The van der Waals surface area contributed by atoms with Crippen molar-refractivity contribution in [2.45, 2.75) is 19.4 Å². The molecule has 1 aromatic carbocycles. The largest absolute Gasteiger partial charge is 0.493 e. The zero-order chi connectivity index (χ0) is 12.0. The third kappa shape index (κ3) is 3.47.